The average molecular weight is 277 g/mol. The number of hydrogen-bond acceptors (Lipinski definition) is 6. The van der Waals surface area contributed by atoms with Crippen molar-refractivity contribution in [3.8, 4) is 0 Å². The highest BCUT2D eigenvalue weighted by Crippen LogP contribution is 2.21. The standard InChI is InChI=1S/C10H19N3O4S/c11-12-10(14)9-2-1-8(17-9)7-13-3-5-18(15,16)6-4-13/h8-9H,1-7,11H2,(H,12,14). The number of nitrogens with one attached hydrogen (secondary N) is 1. The number of hydrogen-bond donors (Lipinski definition) is 2. The summed E-state index contributed by atoms with van der Waals surface area (Å²) in [4.78, 5) is 13.4. The number of hydrazine groups is 1. The molecule has 2 aliphatic heterocycles. The number of carbonyl (C=O) groups is 1. The first-order valence-corrected chi connectivity index (χ1v) is 7.91. The smallest absolute Gasteiger partial charge is 0.263 e. The SMILES string of the molecule is NNC(=O)C1CCC(CN2CCS(=O)(=O)CC2)O1. The van der Waals surface area contributed by atoms with Gasteiger partial charge in [-0.15, -0.1) is 0 Å². The zero-order chi connectivity index (χ0) is 13.2. The highest BCUT2D eigenvalue weighted by molar-refractivity contribution is 7.91. The van der Waals surface area contributed by atoms with Crippen LogP contribution in [0.5, 0.6) is 0 Å². The maximum Gasteiger partial charge on any atom is 0.263 e. The van der Waals surface area contributed by atoms with Gasteiger partial charge in [-0.05, 0) is 12.8 Å². The van der Waals surface area contributed by atoms with E-state index in [-0.39, 0.29) is 23.5 Å². The van der Waals surface area contributed by atoms with E-state index in [1.54, 1.807) is 0 Å². The van der Waals surface area contributed by atoms with Gasteiger partial charge in [0.25, 0.3) is 5.91 Å². The normalized spacial score (nSPS) is 32.3. The van der Waals surface area contributed by atoms with Gasteiger partial charge in [0.2, 0.25) is 0 Å². The maximum atomic E-state index is 11.3. The minimum atomic E-state index is -2.84. The lowest BCUT2D eigenvalue weighted by molar-refractivity contribution is -0.132. The summed E-state index contributed by atoms with van der Waals surface area (Å²) in [6.45, 7) is 1.79. The van der Waals surface area contributed by atoms with E-state index in [2.05, 4.69) is 10.3 Å². The van der Waals surface area contributed by atoms with Crippen LogP contribution in [0.3, 0.4) is 0 Å². The van der Waals surface area contributed by atoms with Gasteiger partial charge in [0.05, 0.1) is 17.6 Å². The molecular formula is C10H19N3O4S. The van der Waals surface area contributed by atoms with Crippen LogP contribution in [-0.4, -0.2) is 62.6 Å². The Balaban J connectivity index is 1.77. The number of nitrogens with two attached hydrogens (primary N) is 1. The van der Waals surface area contributed by atoms with Crippen molar-refractivity contribution in [1.29, 1.82) is 0 Å². The van der Waals surface area contributed by atoms with Crippen molar-refractivity contribution in [2.45, 2.75) is 25.0 Å². The van der Waals surface area contributed by atoms with Crippen molar-refractivity contribution in [1.82, 2.24) is 10.3 Å². The molecule has 7 nitrogen and oxygen atoms in total. The molecule has 0 aromatic carbocycles. The minimum Gasteiger partial charge on any atom is -0.364 e. The van der Waals surface area contributed by atoms with Gasteiger partial charge in [-0.2, -0.15) is 0 Å². The predicted octanol–water partition coefficient (Wildman–Crippen LogP) is -1.75. The molecule has 0 spiro atoms. The van der Waals surface area contributed by atoms with Crippen LogP contribution in [-0.2, 0) is 19.4 Å². The number of sulfone groups is 1. The molecule has 3 N–H and O–H groups in total. The van der Waals surface area contributed by atoms with E-state index in [1.165, 1.54) is 0 Å². The van der Waals surface area contributed by atoms with Gasteiger partial charge in [-0.1, -0.05) is 0 Å². The van der Waals surface area contributed by atoms with Crippen LogP contribution in [0.1, 0.15) is 12.8 Å². The van der Waals surface area contributed by atoms with Crippen molar-refractivity contribution < 1.29 is 17.9 Å². The lowest BCUT2D eigenvalue weighted by Gasteiger charge is -2.28. The Bertz CT molecular complexity index is 397. The molecule has 2 heterocycles. The van der Waals surface area contributed by atoms with Crippen LogP contribution in [0.25, 0.3) is 0 Å². The molecule has 2 aliphatic rings. The second-order valence-corrected chi connectivity index (χ2v) is 7.09. The first kappa shape index (κ1) is 13.7. The molecule has 0 saturated carbocycles. The molecule has 0 aromatic heterocycles. The second kappa shape index (κ2) is 5.52. The number of nitrogens with zero attached hydrogens (tertiary/aromatic N) is 1. The summed E-state index contributed by atoms with van der Waals surface area (Å²) in [7, 11) is -2.84. The molecule has 0 bridgehead atoms. The average Bonchev–Trinajstić information content (AvgIpc) is 2.79. The van der Waals surface area contributed by atoms with Crippen molar-refractivity contribution in [3.63, 3.8) is 0 Å². The molecule has 8 heteroatoms. The third-order valence-electron chi connectivity index (χ3n) is 3.44. The van der Waals surface area contributed by atoms with E-state index in [1.807, 2.05) is 0 Å². The molecule has 0 radical (unpaired) electrons. The first-order valence-electron chi connectivity index (χ1n) is 6.09. The van der Waals surface area contributed by atoms with Crippen LogP contribution in [0, 0.1) is 0 Å². The van der Waals surface area contributed by atoms with E-state index in [9.17, 15) is 13.2 Å². The number of carbonyl (C=O) groups excluding carboxylic acids is 1. The lowest BCUT2D eigenvalue weighted by Crippen LogP contribution is -2.44. The van der Waals surface area contributed by atoms with Crippen molar-refractivity contribution in [3.05, 3.63) is 0 Å². The summed E-state index contributed by atoms with van der Waals surface area (Å²) < 4.78 is 28.2. The third-order valence-corrected chi connectivity index (χ3v) is 5.05. The minimum absolute atomic E-state index is 0.00639. The lowest BCUT2D eigenvalue weighted by atomic mass is 10.2. The summed E-state index contributed by atoms with van der Waals surface area (Å²) in [5.41, 5.74) is 2.09. The van der Waals surface area contributed by atoms with Crippen molar-refractivity contribution in [2.24, 2.45) is 5.84 Å². The van der Waals surface area contributed by atoms with Crippen molar-refractivity contribution >= 4 is 15.7 Å². The van der Waals surface area contributed by atoms with E-state index in [0.29, 0.717) is 26.1 Å². The molecule has 2 atom stereocenters. The van der Waals surface area contributed by atoms with E-state index < -0.39 is 15.9 Å². The summed E-state index contributed by atoms with van der Waals surface area (Å²) in [6.07, 6.45) is 1.00. The Kier molecular flexibility index (Phi) is 4.21. The van der Waals surface area contributed by atoms with Gasteiger partial charge in [0.1, 0.15) is 6.10 Å². The fourth-order valence-electron chi connectivity index (χ4n) is 2.35. The van der Waals surface area contributed by atoms with E-state index in [4.69, 9.17) is 10.6 Å². The van der Waals surface area contributed by atoms with Gasteiger partial charge in [0, 0.05) is 19.6 Å². The van der Waals surface area contributed by atoms with Crippen LogP contribution in [0.4, 0.5) is 0 Å². The second-order valence-electron chi connectivity index (χ2n) is 4.79. The third kappa shape index (κ3) is 3.41. The van der Waals surface area contributed by atoms with E-state index >= 15 is 0 Å². The molecular weight excluding hydrogens is 258 g/mol. The van der Waals surface area contributed by atoms with E-state index in [0.717, 1.165) is 6.42 Å². The molecule has 0 aliphatic carbocycles. The molecule has 1 amide bonds. The largest absolute Gasteiger partial charge is 0.364 e. The Labute approximate surface area is 107 Å². The first-order chi connectivity index (χ1) is 8.50. The quantitative estimate of drug-likeness (QED) is 0.360. The fraction of sp³-hybridized carbons (Fsp3) is 0.900. The zero-order valence-corrected chi connectivity index (χ0v) is 11.0. The Morgan fingerprint density at radius 1 is 1.33 bits per heavy atom. The fourth-order valence-corrected chi connectivity index (χ4v) is 3.62. The van der Waals surface area contributed by atoms with Gasteiger partial charge >= 0.3 is 0 Å². The highest BCUT2D eigenvalue weighted by Gasteiger charge is 2.32. The molecule has 104 valence electrons. The topological polar surface area (TPSA) is 102 Å². The number of ether oxygens (including phenoxy) is 1. The molecule has 2 saturated heterocycles. The maximum absolute atomic E-state index is 11.3. The van der Waals surface area contributed by atoms with Gasteiger partial charge in [-0.3, -0.25) is 15.1 Å². The Hall–Kier alpha value is -0.700. The number of amides is 1. The molecule has 2 fully saturated rings. The zero-order valence-electron chi connectivity index (χ0n) is 10.2. The summed E-state index contributed by atoms with van der Waals surface area (Å²) in [6, 6.07) is 0. The van der Waals surface area contributed by atoms with Crippen LogP contribution >= 0.6 is 0 Å². The summed E-state index contributed by atoms with van der Waals surface area (Å²) in [5, 5.41) is 0. The number of rotatable bonds is 3. The Morgan fingerprint density at radius 3 is 2.61 bits per heavy atom. The highest BCUT2D eigenvalue weighted by atomic mass is 32.2. The van der Waals surface area contributed by atoms with Crippen LogP contribution in [0.15, 0.2) is 0 Å². The molecule has 2 rings (SSSR count). The van der Waals surface area contributed by atoms with Crippen molar-refractivity contribution in [2.75, 3.05) is 31.1 Å². The van der Waals surface area contributed by atoms with Crippen LogP contribution in [0.2, 0.25) is 0 Å². The molecule has 2 unspecified atom stereocenters. The van der Waals surface area contributed by atoms with Gasteiger partial charge in [-0.25, -0.2) is 14.3 Å². The summed E-state index contributed by atoms with van der Waals surface area (Å²) >= 11 is 0. The predicted molar refractivity (Wildman–Crippen MR) is 65.3 cm³/mol. The summed E-state index contributed by atoms with van der Waals surface area (Å²) in [5.74, 6) is 5.19. The van der Waals surface area contributed by atoms with Crippen LogP contribution < -0.4 is 11.3 Å². The molecule has 18 heavy (non-hydrogen) atoms. The molecule has 0 aromatic rings. The van der Waals surface area contributed by atoms with Gasteiger partial charge in [0.15, 0.2) is 9.84 Å². The monoisotopic (exact) mass is 277 g/mol. The Morgan fingerprint density at radius 2 is 2.00 bits per heavy atom. The van der Waals surface area contributed by atoms with Gasteiger partial charge < -0.3 is 4.74 Å².